The number of aryl methyl sites for hydroxylation is 1. The minimum absolute atomic E-state index is 0.625. The topological polar surface area (TPSA) is 17.8 Å². The van der Waals surface area contributed by atoms with Gasteiger partial charge in [-0.15, -0.1) is 11.8 Å². The van der Waals surface area contributed by atoms with Crippen LogP contribution in [0.1, 0.15) is 19.0 Å². The summed E-state index contributed by atoms with van der Waals surface area (Å²) in [6.07, 6.45) is 6.13. The van der Waals surface area contributed by atoms with Crippen molar-refractivity contribution in [2.75, 3.05) is 5.75 Å². The second-order valence-electron chi connectivity index (χ2n) is 4.10. The molecular formula is C11H16N2S2. The molecule has 2 heterocycles. The lowest BCUT2D eigenvalue weighted by Crippen LogP contribution is -2.17. The second-order valence-corrected chi connectivity index (χ2v) is 5.86. The van der Waals surface area contributed by atoms with Gasteiger partial charge in [0.2, 0.25) is 0 Å². The van der Waals surface area contributed by atoms with Gasteiger partial charge in [0.1, 0.15) is 0 Å². The molecule has 1 fully saturated rings. The number of imidazole rings is 1. The first-order valence-electron chi connectivity index (χ1n) is 5.34. The zero-order chi connectivity index (χ0) is 10.8. The van der Waals surface area contributed by atoms with Gasteiger partial charge >= 0.3 is 0 Å². The van der Waals surface area contributed by atoms with E-state index >= 15 is 0 Å². The Kier molecular flexibility index (Phi) is 3.46. The van der Waals surface area contributed by atoms with Crippen molar-refractivity contribution >= 4 is 28.2 Å². The SMILES string of the molecule is CC[C@H]1C(=S)SCC1Cc1cncn1C. The summed E-state index contributed by atoms with van der Waals surface area (Å²) >= 11 is 7.25. The maximum atomic E-state index is 5.39. The van der Waals surface area contributed by atoms with Gasteiger partial charge in [0.15, 0.2) is 0 Å². The van der Waals surface area contributed by atoms with E-state index < -0.39 is 0 Å². The molecule has 15 heavy (non-hydrogen) atoms. The first-order chi connectivity index (χ1) is 7.22. The van der Waals surface area contributed by atoms with E-state index in [1.807, 2.05) is 24.3 Å². The minimum Gasteiger partial charge on any atom is -0.338 e. The van der Waals surface area contributed by atoms with Crippen molar-refractivity contribution in [2.45, 2.75) is 19.8 Å². The standard InChI is InChI=1S/C11H16N2S2/c1-3-10-8(6-15-11(10)14)4-9-5-12-7-13(9)2/h5,7-8,10H,3-4,6H2,1-2H3/t8?,10-/m1/s1. The summed E-state index contributed by atoms with van der Waals surface area (Å²) in [5.74, 6) is 2.52. The van der Waals surface area contributed by atoms with Crippen LogP contribution in [-0.2, 0) is 13.5 Å². The number of rotatable bonds is 3. The van der Waals surface area contributed by atoms with E-state index in [9.17, 15) is 0 Å². The van der Waals surface area contributed by atoms with Crippen LogP contribution in [0.15, 0.2) is 12.5 Å². The highest BCUT2D eigenvalue weighted by Gasteiger charge is 2.31. The van der Waals surface area contributed by atoms with Gasteiger partial charge in [0.25, 0.3) is 0 Å². The number of aromatic nitrogens is 2. The smallest absolute Gasteiger partial charge is 0.0945 e. The maximum absolute atomic E-state index is 5.39. The first-order valence-corrected chi connectivity index (χ1v) is 6.73. The molecule has 0 amide bonds. The van der Waals surface area contributed by atoms with Crippen molar-refractivity contribution in [2.24, 2.45) is 18.9 Å². The Hall–Kier alpha value is -0.350. The van der Waals surface area contributed by atoms with Gasteiger partial charge in [0.05, 0.1) is 10.5 Å². The monoisotopic (exact) mass is 240 g/mol. The molecular weight excluding hydrogens is 224 g/mol. The summed E-state index contributed by atoms with van der Waals surface area (Å²) in [6.45, 7) is 2.24. The number of hydrogen-bond acceptors (Lipinski definition) is 3. The molecule has 1 unspecified atom stereocenters. The van der Waals surface area contributed by atoms with Crippen LogP contribution in [0.5, 0.6) is 0 Å². The van der Waals surface area contributed by atoms with Crippen molar-refractivity contribution in [1.82, 2.24) is 9.55 Å². The van der Waals surface area contributed by atoms with Crippen LogP contribution in [0.25, 0.3) is 0 Å². The second kappa shape index (κ2) is 4.66. The number of hydrogen-bond donors (Lipinski definition) is 0. The van der Waals surface area contributed by atoms with Gasteiger partial charge < -0.3 is 4.57 Å². The predicted octanol–water partition coefficient (Wildman–Crippen LogP) is 2.68. The quantitative estimate of drug-likeness (QED) is 0.757. The first kappa shape index (κ1) is 11.1. The van der Waals surface area contributed by atoms with Crippen LogP contribution in [0.3, 0.4) is 0 Å². The average molecular weight is 240 g/mol. The van der Waals surface area contributed by atoms with E-state index in [2.05, 4.69) is 23.5 Å². The van der Waals surface area contributed by atoms with Gasteiger partial charge in [-0.3, -0.25) is 0 Å². The Balaban J connectivity index is 2.06. The van der Waals surface area contributed by atoms with Crippen LogP contribution in [0.4, 0.5) is 0 Å². The fourth-order valence-electron chi connectivity index (χ4n) is 2.16. The fraction of sp³-hybridized carbons (Fsp3) is 0.636. The summed E-state index contributed by atoms with van der Waals surface area (Å²) in [6, 6.07) is 0. The highest BCUT2D eigenvalue weighted by Crippen LogP contribution is 2.36. The van der Waals surface area contributed by atoms with Gasteiger partial charge in [-0.1, -0.05) is 19.1 Å². The van der Waals surface area contributed by atoms with Crippen LogP contribution >= 0.6 is 24.0 Å². The van der Waals surface area contributed by atoms with Crippen LogP contribution < -0.4 is 0 Å². The number of thioether (sulfide) groups is 1. The van der Waals surface area contributed by atoms with Crippen molar-refractivity contribution in [3.8, 4) is 0 Å². The van der Waals surface area contributed by atoms with Crippen LogP contribution in [0, 0.1) is 11.8 Å². The molecule has 0 saturated carbocycles. The molecule has 2 nitrogen and oxygen atoms in total. The summed E-state index contributed by atoms with van der Waals surface area (Å²) in [5, 5.41) is 0. The van der Waals surface area contributed by atoms with Gasteiger partial charge in [-0.05, 0) is 18.8 Å². The third-order valence-corrected chi connectivity index (χ3v) is 4.98. The Morgan fingerprint density at radius 1 is 1.67 bits per heavy atom. The minimum atomic E-state index is 0.625. The molecule has 1 aromatic heterocycles. The molecule has 1 aromatic rings. The molecule has 0 N–H and O–H groups in total. The third-order valence-electron chi connectivity index (χ3n) is 3.14. The lowest BCUT2D eigenvalue weighted by atomic mass is 9.90. The molecule has 0 spiro atoms. The van der Waals surface area contributed by atoms with E-state index in [-0.39, 0.29) is 0 Å². The van der Waals surface area contributed by atoms with E-state index in [0.29, 0.717) is 11.8 Å². The molecule has 2 atom stereocenters. The van der Waals surface area contributed by atoms with E-state index in [0.717, 1.165) is 6.42 Å². The summed E-state index contributed by atoms with van der Waals surface area (Å²) < 4.78 is 3.32. The van der Waals surface area contributed by atoms with Crippen molar-refractivity contribution < 1.29 is 0 Å². The Morgan fingerprint density at radius 3 is 3.07 bits per heavy atom. The fourth-order valence-corrected chi connectivity index (χ4v) is 4.02. The zero-order valence-corrected chi connectivity index (χ0v) is 10.8. The molecule has 1 aliphatic heterocycles. The number of thiocarbonyl (C=S) groups is 1. The van der Waals surface area contributed by atoms with Gasteiger partial charge in [-0.25, -0.2) is 4.98 Å². The molecule has 1 aliphatic rings. The molecule has 82 valence electrons. The van der Waals surface area contributed by atoms with Crippen LogP contribution in [-0.4, -0.2) is 19.5 Å². The lowest BCUT2D eigenvalue weighted by molar-refractivity contribution is 0.456. The summed E-state index contributed by atoms with van der Waals surface area (Å²) in [7, 11) is 2.06. The molecule has 1 saturated heterocycles. The molecule has 0 bridgehead atoms. The van der Waals surface area contributed by atoms with E-state index in [1.165, 1.54) is 22.1 Å². The molecule has 0 aliphatic carbocycles. The van der Waals surface area contributed by atoms with Gasteiger partial charge in [-0.2, -0.15) is 0 Å². The Labute approximate surface area is 100 Å². The van der Waals surface area contributed by atoms with Crippen molar-refractivity contribution in [3.05, 3.63) is 18.2 Å². The Bertz CT molecular complexity index is 359. The Morgan fingerprint density at radius 2 is 2.47 bits per heavy atom. The molecule has 4 heteroatoms. The zero-order valence-electron chi connectivity index (χ0n) is 9.14. The maximum Gasteiger partial charge on any atom is 0.0945 e. The average Bonchev–Trinajstić information content (AvgIpc) is 2.76. The normalized spacial score (nSPS) is 26.1. The van der Waals surface area contributed by atoms with Crippen molar-refractivity contribution in [3.63, 3.8) is 0 Å². The highest BCUT2D eigenvalue weighted by atomic mass is 32.2. The predicted molar refractivity (Wildman–Crippen MR) is 69.2 cm³/mol. The van der Waals surface area contributed by atoms with E-state index in [4.69, 9.17) is 12.2 Å². The molecule has 0 aromatic carbocycles. The van der Waals surface area contributed by atoms with Gasteiger partial charge in [0, 0.05) is 30.6 Å². The third kappa shape index (κ3) is 2.26. The van der Waals surface area contributed by atoms with Crippen LogP contribution in [0.2, 0.25) is 0 Å². The summed E-state index contributed by atoms with van der Waals surface area (Å²) in [4.78, 5) is 4.16. The highest BCUT2D eigenvalue weighted by molar-refractivity contribution is 8.23. The molecule has 0 radical (unpaired) electrons. The lowest BCUT2D eigenvalue weighted by Gasteiger charge is -2.16. The number of nitrogens with zero attached hydrogens (tertiary/aromatic N) is 2. The van der Waals surface area contributed by atoms with Crippen molar-refractivity contribution in [1.29, 1.82) is 0 Å². The van der Waals surface area contributed by atoms with E-state index in [1.54, 1.807) is 0 Å². The summed E-state index contributed by atoms with van der Waals surface area (Å²) in [5.41, 5.74) is 1.32. The largest absolute Gasteiger partial charge is 0.338 e. The molecule has 2 rings (SSSR count).